The summed E-state index contributed by atoms with van der Waals surface area (Å²) in [7, 11) is 1.58. The van der Waals surface area contributed by atoms with Crippen molar-refractivity contribution in [2.75, 3.05) is 12.8 Å². The number of nitrogens with zero attached hydrogens (tertiary/aromatic N) is 1. The molecule has 0 saturated heterocycles. The smallest absolute Gasteiger partial charge is 0.274 e. The van der Waals surface area contributed by atoms with Crippen LogP contribution >= 0.6 is 27.7 Å². The van der Waals surface area contributed by atoms with Crippen molar-refractivity contribution in [3.8, 4) is 5.75 Å². The van der Waals surface area contributed by atoms with E-state index in [1.807, 2.05) is 6.07 Å². The molecule has 0 unspecified atom stereocenters. The van der Waals surface area contributed by atoms with E-state index >= 15 is 0 Å². The van der Waals surface area contributed by atoms with Crippen LogP contribution < -0.4 is 10.5 Å². The Morgan fingerprint density at radius 3 is 2.76 bits per heavy atom. The van der Waals surface area contributed by atoms with E-state index in [9.17, 15) is 10.1 Å². The van der Waals surface area contributed by atoms with Gasteiger partial charge in [-0.3, -0.25) is 10.1 Å². The zero-order chi connectivity index (χ0) is 15.4. The topological polar surface area (TPSA) is 78.4 Å². The lowest BCUT2D eigenvalue weighted by molar-refractivity contribution is -0.385. The first-order valence-corrected chi connectivity index (χ1v) is 7.78. The van der Waals surface area contributed by atoms with Crippen molar-refractivity contribution in [1.29, 1.82) is 0 Å². The Morgan fingerprint density at radius 2 is 2.10 bits per heavy atom. The summed E-state index contributed by atoms with van der Waals surface area (Å²) >= 11 is 4.69. The molecule has 2 N–H and O–H groups in total. The van der Waals surface area contributed by atoms with Crippen LogP contribution in [0.15, 0.2) is 45.8 Å². The molecule has 0 saturated carbocycles. The Labute approximate surface area is 134 Å². The highest BCUT2D eigenvalue weighted by atomic mass is 79.9. The first kappa shape index (κ1) is 15.7. The second-order valence-electron chi connectivity index (χ2n) is 4.22. The number of nitro groups is 1. The van der Waals surface area contributed by atoms with E-state index in [2.05, 4.69) is 15.9 Å². The van der Waals surface area contributed by atoms with Crippen molar-refractivity contribution < 1.29 is 9.66 Å². The molecule has 0 aliphatic heterocycles. The van der Waals surface area contributed by atoms with Gasteiger partial charge in [0.15, 0.2) is 0 Å². The summed E-state index contributed by atoms with van der Waals surface area (Å²) in [6.45, 7) is 0. The molecule has 2 rings (SSSR count). The van der Waals surface area contributed by atoms with Crippen molar-refractivity contribution in [2.24, 2.45) is 0 Å². The third-order valence-electron chi connectivity index (χ3n) is 2.85. The van der Waals surface area contributed by atoms with Gasteiger partial charge >= 0.3 is 0 Å². The van der Waals surface area contributed by atoms with E-state index in [4.69, 9.17) is 10.5 Å². The van der Waals surface area contributed by atoms with Crippen LogP contribution in [0.5, 0.6) is 5.75 Å². The SMILES string of the molecule is COc1ccc(N)c(SCc2ccc(Br)cc2[N+](=O)[O-])c1. The predicted octanol–water partition coefficient (Wildman–Crippen LogP) is 4.24. The maximum Gasteiger partial charge on any atom is 0.274 e. The summed E-state index contributed by atoms with van der Waals surface area (Å²) in [6.07, 6.45) is 0. The van der Waals surface area contributed by atoms with Gasteiger partial charge < -0.3 is 10.5 Å². The predicted molar refractivity (Wildman–Crippen MR) is 87.8 cm³/mol. The monoisotopic (exact) mass is 368 g/mol. The molecular formula is C14H13BrN2O3S. The molecule has 5 nitrogen and oxygen atoms in total. The first-order valence-electron chi connectivity index (χ1n) is 6.00. The fraction of sp³-hybridized carbons (Fsp3) is 0.143. The van der Waals surface area contributed by atoms with Crippen LogP contribution in [0, 0.1) is 10.1 Å². The van der Waals surface area contributed by atoms with Crippen LogP contribution in [0.4, 0.5) is 11.4 Å². The number of nitrogens with two attached hydrogens (primary N) is 1. The van der Waals surface area contributed by atoms with E-state index in [1.54, 1.807) is 31.4 Å². The average molecular weight is 369 g/mol. The van der Waals surface area contributed by atoms with Crippen LogP contribution in [0.3, 0.4) is 0 Å². The zero-order valence-electron chi connectivity index (χ0n) is 11.2. The molecule has 0 amide bonds. The van der Waals surface area contributed by atoms with Crippen LogP contribution in [-0.2, 0) is 5.75 Å². The third kappa shape index (κ3) is 3.89. The van der Waals surface area contributed by atoms with Gasteiger partial charge in [-0.2, -0.15) is 0 Å². The summed E-state index contributed by atoms with van der Waals surface area (Å²) < 4.78 is 5.84. The van der Waals surface area contributed by atoms with Crippen LogP contribution in [0.2, 0.25) is 0 Å². The number of benzene rings is 2. The van der Waals surface area contributed by atoms with Crippen molar-refractivity contribution in [3.63, 3.8) is 0 Å². The molecule has 2 aromatic carbocycles. The number of nitrogen functional groups attached to an aromatic ring is 1. The normalized spacial score (nSPS) is 10.4. The molecule has 0 bridgehead atoms. The zero-order valence-corrected chi connectivity index (χ0v) is 13.6. The molecule has 0 fully saturated rings. The molecule has 0 aromatic heterocycles. The minimum atomic E-state index is -0.379. The molecule has 0 spiro atoms. The van der Waals surface area contributed by atoms with E-state index < -0.39 is 0 Å². The summed E-state index contributed by atoms with van der Waals surface area (Å²) in [4.78, 5) is 11.5. The fourth-order valence-corrected chi connectivity index (χ4v) is 3.09. The number of anilines is 1. The van der Waals surface area contributed by atoms with Gasteiger partial charge in [0.1, 0.15) is 5.75 Å². The van der Waals surface area contributed by atoms with Gasteiger partial charge in [0.25, 0.3) is 5.69 Å². The quantitative estimate of drug-likeness (QED) is 0.369. The first-order chi connectivity index (χ1) is 10.0. The Hall–Kier alpha value is -1.73. The highest BCUT2D eigenvalue weighted by Gasteiger charge is 2.15. The minimum Gasteiger partial charge on any atom is -0.497 e. The summed E-state index contributed by atoms with van der Waals surface area (Å²) in [6, 6.07) is 10.4. The van der Waals surface area contributed by atoms with Gasteiger partial charge in [0, 0.05) is 32.4 Å². The largest absolute Gasteiger partial charge is 0.497 e. The molecule has 0 aliphatic carbocycles. The van der Waals surface area contributed by atoms with Crippen molar-refractivity contribution >= 4 is 39.1 Å². The number of thioether (sulfide) groups is 1. The number of rotatable bonds is 5. The summed E-state index contributed by atoms with van der Waals surface area (Å²) in [5.41, 5.74) is 7.28. The minimum absolute atomic E-state index is 0.0957. The highest BCUT2D eigenvalue weighted by molar-refractivity contribution is 9.10. The standard InChI is InChI=1S/C14H13BrN2O3S/c1-20-11-4-5-12(16)14(7-11)21-8-9-2-3-10(15)6-13(9)17(18)19/h2-7H,8,16H2,1H3. The van der Waals surface area contributed by atoms with Crippen molar-refractivity contribution in [3.05, 3.63) is 56.5 Å². The number of methoxy groups -OCH3 is 1. The van der Waals surface area contributed by atoms with Gasteiger partial charge in [-0.1, -0.05) is 22.0 Å². The molecule has 0 atom stereocenters. The van der Waals surface area contributed by atoms with Gasteiger partial charge in [-0.05, 0) is 24.3 Å². The van der Waals surface area contributed by atoms with Crippen molar-refractivity contribution in [1.82, 2.24) is 0 Å². The van der Waals surface area contributed by atoms with Crippen LogP contribution in [0.25, 0.3) is 0 Å². The Balaban J connectivity index is 2.22. The maximum absolute atomic E-state index is 11.1. The number of ether oxygens (including phenoxy) is 1. The lowest BCUT2D eigenvalue weighted by Gasteiger charge is -2.08. The Kier molecular flexibility index (Phi) is 5.08. The average Bonchev–Trinajstić information content (AvgIpc) is 2.47. The lowest BCUT2D eigenvalue weighted by atomic mass is 10.2. The Bertz CT molecular complexity index is 679. The molecule has 0 heterocycles. The number of halogens is 1. The third-order valence-corrected chi connectivity index (χ3v) is 4.46. The second-order valence-corrected chi connectivity index (χ2v) is 6.16. The second kappa shape index (κ2) is 6.82. The summed E-state index contributed by atoms with van der Waals surface area (Å²) in [5, 5.41) is 11.1. The molecule has 2 aromatic rings. The summed E-state index contributed by atoms with van der Waals surface area (Å²) in [5.74, 6) is 1.16. The lowest BCUT2D eigenvalue weighted by Crippen LogP contribution is -1.95. The van der Waals surface area contributed by atoms with E-state index in [0.717, 1.165) is 4.90 Å². The highest BCUT2D eigenvalue weighted by Crippen LogP contribution is 2.34. The van der Waals surface area contributed by atoms with Crippen molar-refractivity contribution in [2.45, 2.75) is 10.6 Å². The molecule has 7 heteroatoms. The molecular weight excluding hydrogens is 356 g/mol. The molecule has 21 heavy (non-hydrogen) atoms. The molecule has 0 radical (unpaired) electrons. The van der Waals surface area contributed by atoms with E-state index in [1.165, 1.54) is 17.8 Å². The molecule has 110 valence electrons. The Morgan fingerprint density at radius 1 is 1.33 bits per heavy atom. The number of nitro benzene ring substituents is 1. The van der Waals surface area contributed by atoms with Gasteiger partial charge in [0.2, 0.25) is 0 Å². The number of hydrogen-bond donors (Lipinski definition) is 1. The number of hydrogen-bond acceptors (Lipinski definition) is 5. The van der Waals surface area contributed by atoms with Gasteiger partial charge in [-0.15, -0.1) is 11.8 Å². The van der Waals surface area contributed by atoms with Gasteiger partial charge in [-0.25, -0.2) is 0 Å². The van der Waals surface area contributed by atoms with Gasteiger partial charge in [0.05, 0.1) is 12.0 Å². The van der Waals surface area contributed by atoms with E-state index in [-0.39, 0.29) is 10.6 Å². The van der Waals surface area contributed by atoms with E-state index in [0.29, 0.717) is 27.2 Å². The van der Waals surface area contributed by atoms with Crippen LogP contribution in [0.1, 0.15) is 5.56 Å². The maximum atomic E-state index is 11.1. The fourth-order valence-electron chi connectivity index (χ4n) is 1.75. The molecule has 0 aliphatic rings. The van der Waals surface area contributed by atoms with Crippen LogP contribution in [-0.4, -0.2) is 12.0 Å².